The van der Waals surface area contributed by atoms with Crippen molar-refractivity contribution in [2.75, 3.05) is 0 Å². The molecule has 0 amide bonds. The maximum atomic E-state index is 2.43. The lowest BCUT2D eigenvalue weighted by molar-refractivity contribution is 1.27. The van der Waals surface area contributed by atoms with Gasteiger partial charge in [-0.05, 0) is 90.0 Å². The molecule has 0 atom stereocenters. The van der Waals surface area contributed by atoms with Crippen LogP contribution in [0.15, 0.2) is 164 Å². The molecule has 0 N–H and O–H groups in total. The van der Waals surface area contributed by atoms with Crippen molar-refractivity contribution in [3.8, 4) is 44.5 Å². The van der Waals surface area contributed by atoms with E-state index in [4.69, 9.17) is 0 Å². The molecule has 0 saturated carbocycles. The summed E-state index contributed by atoms with van der Waals surface area (Å²) >= 11 is 0. The molecule has 1 heteroatoms. The summed E-state index contributed by atoms with van der Waals surface area (Å²) in [5.41, 5.74) is 16.9. The molecule has 7 aromatic rings. The first kappa shape index (κ1) is 26.2. The molecule has 45 heavy (non-hydrogen) atoms. The second kappa shape index (κ2) is 10.7. The molecule has 0 bridgehead atoms. The van der Waals surface area contributed by atoms with Gasteiger partial charge in [-0.3, -0.25) is 0 Å². The van der Waals surface area contributed by atoms with E-state index in [2.05, 4.69) is 164 Å². The molecule has 0 saturated heterocycles. The Hall–Kier alpha value is -5.24. The monoisotopic (exact) mass is 588 g/mol. The van der Waals surface area contributed by atoms with Gasteiger partial charge in [0.25, 0.3) is 0 Å². The van der Waals surface area contributed by atoms with Gasteiger partial charge in [-0.1, -0.05) is 169 Å². The van der Waals surface area contributed by atoms with Crippen molar-refractivity contribution in [1.82, 2.24) is 0 Å². The summed E-state index contributed by atoms with van der Waals surface area (Å²) in [7, 11) is -2.08. The van der Waals surface area contributed by atoms with E-state index < -0.39 is 8.80 Å². The summed E-state index contributed by atoms with van der Waals surface area (Å²) < 4.78 is 0. The SMILES string of the molecule is c1ccc(-c2ccc3c(c2[SiH](c2ccccc2)c2c(-c4ccccc4)ccc4c2Cc2ccccc2-4)Cc2ccccc2-3)cc1. The topological polar surface area (TPSA) is 0 Å². The van der Waals surface area contributed by atoms with Crippen LogP contribution >= 0.6 is 0 Å². The molecule has 7 aromatic carbocycles. The molecule has 0 aliphatic heterocycles. The van der Waals surface area contributed by atoms with Crippen molar-refractivity contribution in [2.45, 2.75) is 12.8 Å². The molecular weight excluding hydrogens is 557 g/mol. The minimum Gasteiger partial charge on any atom is -0.0625 e. The van der Waals surface area contributed by atoms with Crippen molar-refractivity contribution in [3.63, 3.8) is 0 Å². The van der Waals surface area contributed by atoms with Gasteiger partial charge in [-0.25, -0.2) is 0 Å². The third-order valence-corrected chi connectivity index (χ3v) is 13.5. The highest BCUT2D eigenvalue weighted by atomic mass is 28.3. The largest absolute Gasteiger partial charge is 0.135 e. The Balaban J connectivity index is 1.41. The smallest absolute Gasteiger partial charge is 0.0625 e. The van der Waals surface area contributed by atoms with Crippen molar-refractivity contribution >= 4 is 24.4 Å². The Kier molecular flexibility index (Phi) is 6.24. The van der Waals surface area contributed by atoms with Crippen LogP contribution in [0.2, 0.25) is 0 Å². The molecule has 0 fully saturated rings. The van der Waals surface area contributed by atoms with Gasteiger partial charge < -0.3 is 0 Å². The van der Waals surface area contributed by atoms with E-state index in [1.807, 2.05) is 0 Å². The summed E-state index contributed by atoms with van der Waals surface area (Å²) in [6, 6.07) is 61.4. The molecule has 0 spiro atoms. The first-order valence-corrected chi connectivity index (χ1v) is 17.7. The highest BCUT2D eigenvalue weighted by Gasteiger charge is 2.35. The maximum absolute atomic E-state index is 2.43. The molecule has 212 valence electrons. The minimum atomic E-state index is -2.08. The van der Waals surface area contributed by atoms with Crippen molar-refractivity contribution in [2.24, 2.45) is 0 Å². The van der Waals surface area contributed by atoms with E-state index in [1.54, 1.807) is 10.4 Å². The van der Waals surface area contributed by atoms with E-state index in [-0.39, 0.29) is 0 Å². The minimum absolute atomic E-state index is 0.980. The average molecular weight is 589 g/mol. The highest BCUT2D eigenvalue weighted by molar-refractivity contribution is 6.97. The van der Waals surface area contributed by atoms with Crippen molar-refractivity contribution in [3.05, 3.63) is 186 Å². The summed E-state index contributed by atoms with van der Waals surface area (Å²) in [6.07, 6.45) is 1.96. The fourth-order valence-corrected chi connectivity index (χ4v) is 11.9. The van der Waals surface area contributed by atoms with Gasteiger partial charge in [0.15, 0.2) is 0 Å². The number of hydrogen-bond acceptors (Lipinski definition) is 0. The Labute approximate surface area is 266 Å². The molecule has 2 aliphatic carbocycles. The zero-order chi connectivity index (χ0) is 29.7. The van der Waals surface area contributed by atoms with Crippen molar-refractivity contribution < 1.29 is 0 Å². The Morgan fingerprint density at radius 1 is 0.311 bits per heavy atom. The van der Waals surface area contributed by atoms with Gasteiger partial charge in [-0.15, -0.1) is 0 Å². The average Bonchev–Trinajstić information content (AvgIpc) is 3.69. The van der Waals surface area contributed by atoms with Crippen molar-refractivity contribution in [1.29, 1.82) is 0 Å². The van der Waals surface area contributed by atoms with E-state index >= 15 is 0 Å². The normalized spacial score (nSPS) is 12.5. The van der Waals surface area contributed by atoms with E-state index in [0.717, 1.165) is 12.8 Å². The zero-order valence-electron chi connectivity index (χ0n) is 25.1. The van der Waals surface area contributed by atoms with Crippen LogP contribution in [-0.2, 0) is 12.8 Å². The van der Waals surface area contributed by atoms with Gasteiger partial charge in [0.1, 0.15) is 8.80 Å². The molecule has 0 aromatic heterocycles. The predicted molar refractivity (Wildman–Crippen MR) is 193 cm³/mol. The zero-order valence-corrected chi connectivity index (χ0v) is 26.2. The van der Waals surface area contributed by atoms with Crippen LogP contribution in [0, 0.1) is 0 Å². The van der Waals surface area contributed by atoms with Crippen LogP contribution in [-0.4, -0.2) is 8.80 Å². The van der Waals surface area contributed by atoms with E-state index in [0.29, 0.717) is 0 Å². The van der Waals surface area contributed by atoms with Gasteiger partial charge in [-0.2, -0.15) is 0 Å². The predicted octanol–water partition coefficient (Wildman–Crippen LogP) is 8.41. The Morgan fingerprint density at radius 3 is 1.16 bits per heavy atom. The third-order valence-electron chi connectivity index (χ3n) is 9.94. The summed E-state index contributed by atoms with van der Waals surface area (Å²) in [6.45, 7) is 0. The lowest BCUT2D eigenvalue weighted by atomic mass is 9.98. The van der Waals surface area contributed by atoms with E-state index in [1.165, 1.54) is 71.9 Å². The molecular formula is C44H32Si. The lowest BCUT2D eigenvalue weighted by Crippen LogP contribution is -2.55. The molecule has 9 rings (SSSR count). The second-order valence-corrected chi connectivity index (χ2v) is 15.0. The first-order valence-electron chi connectivity index (χ1n) is 16.0. The van der Waals surface area contributed by atoms with E-state index in [9.17, 15) is 0 Å². The highest BCUT2D eigenvalue weighted by Crippen LogP contribution is 2.40. The summed E-state index contributed by atoms with van der Waals surface area (Å²) in [5.74, 6) is 0. The van der Waals surface area contributed by atoms with Crippen LogP contribution in [0.3, 0.4) is 0 Å². The number of rotatable bonds is 5. The van der Waals surface area contributed by atoms with Gasteiger partial charge >= 0.3 is 0 Å². The van der Waals surface area contributed by atoms with Crippen LogP contribution in [0.4, 0.5) is 0 Å². The maximum Gasteiger partial charge on any atom is 0.135 e. The molecule has 0 heterocycles. The Morgan fingerprint density at radius 2 is 0.689 bits per heavy atom. The quantitative estimate of drug-likeness (QED) is 0.140. The van der Waals surface area contributed by atoms with Gasteiger partial charge in [0.05, 0.1) is 0 Å². The standard InChI is InChI=1S/C44H32Si/c1-4-14-30(15-5-1)37-24-26-39-35-22-12-10-18-32(35)28-41(39)43(37)45(34-20-8-3-9-21-34)44-38(31-16-6-2-7-17-31)25-27-40-36-23-13-11-19-33(36)29-42(40)44/h1-27,45H,28-29H2. The van der Waals surface area contributed by atoms with Crippen LogP contribution < -0.4 is 15.6 Å². The number of benzene rings is 7. The first-order chi connectivity index (χ1) is 22.3. The second-order valence-electron chi connectivity index (χ2n) is 12.3. The fraction of sp³-hybridized carbons (Fsp3) is 0.0455. The molecule has 2 aliphatic rings. The van der Waals surface area contributed by atoms with Gasteiger partial charge in [0.2, 0.25) is 0 Å². The molecule has 0 nitrogen and oxygen atoms in total. The number of fused-ring (bicyclic) bond motifs is 6. The third kappa shape index (κ3) is 4.27. The Bertz CT molecular complexity index is 2060. The molecule has 0 unspecified atom stereocenters. The molecule has 0 radical (unpaired) electrons. The van der Waals surface area contributed by atoms with Crippen LogP contribution in [0.5, 0.6) is 0 Å². The van der Waals surface area contributed by atoms with Crippen LogP contribution in [0.1, 0.15) is 22.3 Å². The van der Waals surface area contributed by atoms with Gasteiger partial charge in [0, 0.05) is 0 Å². The summed E-state index contributed by atoms with van der Waals surface area (Å²) in [5, 5.41) is 4.62. The fourth-order valence-electron chi connectivity index (χ4n) is 7.99. The summed E-state index contributed by atoms with van der Waals surface area (Å²) in [4.78, 5) is 0. The number of hydrogen-bond donors (Lipinski definition) is 0. The lowest BCUT2D eigenvalue weighted by Gasteiger charge is -2.28. The van der Waals surface area contributed by atoms with Crippen LogP contribution in [0.25, 0.3) is 44.5 Å².